The number of alkyl halides is 1. The highest BCUT2D eigenvalue weighted by molar-refractivity contribution is 5.96. The Labute approximate surface area is 175 Å². The van der Waals surface area contributed by atoms with Crippen molar-refractivity contribution in [1.82, 2.24) is 24.6 Å². The Morgan fingerprint density at radius 3 is 2.67 bits per heavy atom. The zero-order chi connectivity index (χ0) is 21.3. The van der Waals surface area contributed by atoms with Gasteiger partial charge in [0.15, 0.2) is 5.67 Å². The monoisotopic (exact) mass is 410 g/mol. The minimum atomic E-state index is -1.89. The molecular weight excluding hydrogens is 383 g/mol. The second-order valence-corrected chi connectivity index (χ2v) is 8.48. The number of benzene rings is 1. The Bertz CT molecular complexity index is 1050. The number of fused-ring (bicyclic) bond motifs is 1. The van der Waals surface area contributed by atoms with Gasteiger partial charge in [-0.05, 0) is 17.5 Å². The van der Waals surface area contributed by atoms with Crippen LogP contribution < -0.4 is 5.32 Å². The van der Waals surface area contributed by atoms with Gasteiger partial charge >= 0.3 is 0 Å². The van der Waals surface area contributed by atoms with Crippen LogP contribution in [0.5, 0.6) is 0 Å². The molecule has 0 saturated carbocycles. The highest BCUT2D eigenvalue weighted by Crippen LogP contribution is 2.29. The van der Waals surface area contributed by atoms with Gasteiger partial charge in [0.05, 0.1) is 11.7 Å². The molecule has 0 atom stereocenters. The van der Waals surface area contributed by atoms with Gasteiger partial charge in [-0.25, -0.2) is 14.4 Å². The van der Waals surface area contributed by atoms with Crippen molar-refractivity contribution in [3.8, 4) is 11.1 Å². The van der Waals surface area contributed by atoms with E-state index in [1.807, 2.05) is 31.4 Å². The molecule has 3 aromatic rings. The summed E-state index contributed by atoms with van der Waals surface area (Å²) in [5.41, 5.74) is 0.732. The molecule has 0 spiro atoms. The smallest absolute Gasteiger partial charge is 0.264 e. The van der Waals surface area contributed by atoms with Crippen molar-refractivity contribution in [2.45, 2.75) is 32.4 Å². The van der Waals surface area contributed by atoms with E-state index in [4.69, 9.17) is 0 Å². The molecule has 1 amide bonds. The molecule has 3 heterocycles. The molecule has 4 rings (SSSR count). The van der Waals surface area contributed by atoms with Crippen molar-refractivity contribution in [3.05, 3.63) is 36.8 Å². The van der Waals surface area contributed by atoms with E-state index in [-0.39, 0.29) is 18.8 Å². The van der Waals surface area contributed by atoms with Crippen LogP contribution >= 0.6 is 0 Å². The van der Waals surface area contributed by atoms with Crippen molar-refractivity contribution >= 4 is 22.8 Å². The van der Waals surface area contributed by atoms with Crippen LogP contribution in [0.4, 0.5) is 10.3 Å². The third kappa shape index (κ3) is 4.33. The number of anilines is 1. The summed E-state index contributed by atoms with van der Waals surface area (Å²) in [6.45, 7) is 6.36. The van der Waals surface area contributed by atoms with E-state index in [1.165, 1.54) is 0 Å². The summed E-state index contributed by atoms with van der Waals surface area (Å²) >= 11 is 0. The topological polar surface area (TPSA) is 75.9 Å². The van der Waals surface area contributed by atoms with Crippen LogP contribution in [0.2, 0.25) is 0 Å². The number of hydrogen-bond acceptors (Lipinski definition) is 5. The predicted octanol–water partition coefficient (Wildman–Crippen LogP) is 3.43. The first-order chi connectivity index (χ1) is 14.3. The van der Waals surface area contributed by atoms with Gasteiger partial charge in [0.2, 0.25) is 5.95 Å². The molecule has 1 aliphatic heterocycles. The molecule has 0 radical (unpaired) electrons. The molecule has 0 bridgehead atoms. The second kappa shape index (κ2) is 8.10. The second-order valence-electron chi connectivity index (χ2n) is 8.48. The van der Waals surface area contributed by atoms with E-state index in [2.05, 4.69) is 39.1 Å². The number of rotatable bonds is 5. The molecule has 1 aromatic carbocycles. The van der Waals surface area contributed by atoms with E-state index >= 15 is 4.39 Å². The lowest BCUT2D eigenvalue weighted by molar-refractivity contribution is -0.130. The SMILES string of the molecule is CC(C)CN1CCC(F)(C(=O)Nc2ncc3ccc(-c4cnn(C)c4)cc3n2)CC1. The van der Waals surface area contributed by atoms with Crippen LogP contribution in [0.1, 0.15) is 26.7 Å². The molecule has 1 fully saturated rings. The number of aryl methyl sites for hydroxylation is 1. The molecule has 1 saturated heterocycles. The highest BCUT2D eigenvalue weighted by Gasteiger charge is 2.42. The van der Waals surface area contributed by atoms with Crippen molar-refractivity contribution < 1.29 is 9.18 Å². The summed E-state index contributed by atoms with van der Waals surface area (Å²) in [5.74, 6) is -0.0135. The Kier molecular flexibility index (Phi) is 5.51. The van der Waals surface area contributed by atoms with Gasteiger partial charge in [0.1, 0.15) is 0 Å². The zero-order valence-electron chi connectivity index (χ0n) is 17.6. The first kappa shape index (κ1) is 20.4. The Balaban J connectivity index is 1.48. The molecule has 2 aromatic heterocycles. The first-order valence-electron chi connectivity index (χ1n) is 10.3. The van der Waals surface area contributed by atoms with E-state index in [1.54, 1.807) is 17.1 Å². The van der Waals surface area contributed by atoms with Crippen LogP contribution in [0.3, 0.4) is 0 Å². The number of nitrogens with zero attached hydrogens (tertiary/aromatic N) is 5. The summed E-state index contributed by atoms with van der Waals surface area (Å²) in [4.78, 5) is 23.5. The minimum Gasteiger partial charge on any atom is -0.303 e. The average Bonchev–Trinajstić information content (AvgIpc) is 3.15. The molecular formula is C22H27FN6O. The Morgan fingerprint density at radius 1 is 1.23 bits per heavy atom. The largest absolute Gasteiger partial charge is 0.303 e. The molecule has 30 heavy (non-hydrogen) atoms. The standard InChI is InChI=1S/C22H27FN6O/c1-15(2)13-29-8-6-22(23,7-9-29)20(30)27-21-24-11-17-5-4-16(10-19(17)26-21)18-12-25-28(3)14-18/h4-5,10-12,14-15H,6-9,13H2,1-3H3,(H,24,26,27,30). The van der Waals surface area contributed by atoms with Gasteiger partial charge in [-0.2, -0.15) is 5.10 Å². The summed E-state index contributed by atoms with van der Waals surface area (Å²) in [6.07, 6.45) is 5.71. The number of piperidine rings is 1. The summed E-state index contributed by atoms with van der Waals surface area (Å²) in [6, 6.07) is 5.81. The van der Waals surface area contributed by atoms with Gasteiger partial charge < -0.3 is 4.90 Å². The molecule has 1 N–H and O–H groups in total. The molecule has 1 aliphatic rings. The van der Waals surface area contributed by atoms with Crippen molar-refractivity contribution in [3.63, 3.8) is 0 Å². The fourth-order valence-corrected chi connectivity index (χ4v) is 3.88. The van der Waals surface area contributed by atoms with Gasteiger partial charge in [0, 0.05) is 62.9 Å². The summed E-state index contributed by atoms with van der Waals surface area (Å²) in [5, 5.41) is 7.63. The Hall–Kier alpha value is -2.87. The minimum absolute atomic E-state index is 0.123. The van der Waals surface area contributed by atoms with Crippen LogP contribution in [0, 0.1) is 5.92 Å². The lowest BCUT2D eigenvalue weighted by Gasteiger charge is -2.35. The maximum absolute atomic E-state index is 15.3. The number of likely N-dealkylation sites (tertiary alicyclic amines) is 1. The zero-order valence-corrected chi connectivity index (χ0v) is 17.6. The fourth-order valence-electron chi connectivity index (χ4n) is 3.88. The van der Waals surface area contributed by atoms with Crippen LogP contribution in [-0.2, 0) is 11.8 Å². The van der Waals surface area contributed by atoms with Gasteiger partial charge in [0.25, 0.3) is 5.91 Å². The van der Waals surface area contributed by atoms with Crippen LogP contribution in [0.15, 0.2) is 36.8 Å². The molecule has 0 unspecified atom stereocenters. The average molecular weight is 410 g/mol. The first-order valence-corrected chi connectivity index (χ1v) is 10.3. The lowest BCUT2D eigenvalue weighted by Crippen LogP contribution is -2.49. The fraction of sp³-hybridized carbons (Fsp3) is 0.455. The third-order valence-electron chi connectivity index (χ3n) is 5.53. The molecule has 7 nitrogen and oxygen atoms in total. The summed E-state index contributed by atoms with van der Waals surface area (Å²) in [7, 11) is 1.86. The maximum atomic E-state index is 15.3. The van der Waals surface area contributed by atoms with Crippen LogP contribution in [-0.4, -0.2) is 55.9 Å². The quantitative estimate of drug-likeness (QED) is 0.697. The van der Waals surface area contributed by atoms with Crippen LogP contribution in [0.25, 0.3) is 22.0 Å². The number of carbonyl (C=O) groups excluding carboxylic acids is 1. The molecule has 8 heteroatoms. The number of halogens is 1. The predicted molar refractivity (Wildman–Crippen MR) is 115 cm³/mol. The number of carbonyl (C=O) groups is 1. The molecule has 158 valence electrons. The van der Waals surface area contributed by atoms with Crippen molar-refractivity contribution in [1.29, 1.82) is 0 Å². The van der Waals surface area contributed by atoms with E-state index in [0.717, 1.165) is 23.1 Å². The van der Waals surface area contributed by atoms with Crippen molar-refractivity contribution in [2.75, 3.05) is 25.0 Å². The van der Waals surface area contributed by atoms with E-state index in [0.29, 0.717) is 24.5 Å². The lowest BCUT2D eigenvalue weighted by atomic mass is 9.92. The van der Waals surface area contributed by atoms with E-state index < -0.39 is 11.6 Å². The number of hydrogen-bond donors (Lipinski definition) is 1. The third-order valence-corrected chi connectivity index (χ3v) is 5.53. The van der Waals surface area contributed by atoms with E-state index in [9.17, 15) is 4.79 Å². The number of amides is 1. The maximum Gasteiger partial charge on any atom is 0.264 e. The number of nitrogens with one attached hydrogen (secondary N) is 1. The molecule has 0 aliphatic carbocycles. The van der Waals surface area contributed by atoms with Crippen molar-refractivity contribution in [2.24, 2.45) is 13.0 Å². The Morgan fingerprint density at radius 2 is 2.00 bits per heavy atom. The highest BCUT2D eigenvalue weighted by atomic mass is 19.1. The number of aromatic nitrogens is 4. The van der Waals surface area contributed by atoms with Gasteiger partial charge in [-0.3, -0.25) is 14.8 Å². The normalized spacial score (nSPS) is 16.8. The van der Waals surface area contributed by atoms with Gasteiger partial charge in [-0.1, -0.05) is 26.0 Å². The van der Waals surface area contributed by atoms with Gasteiger partial charge in [-0.15, -0.1) is 0 Å². The summed E-state index contributed by atoms with van der Waals surface area (Å²) < 4.78 is 17.0.